The highest BCUT2D eigenvalue weighted by atomic mass is 16.5. The standard InChI is InChI=1S/C23H31NO3/c1-17-13-19(20-10-11-23(24,15-20)16-25)8-9-22(17)27-12-4-6-18-5-3-7-21(14-18)26-2/h3,5,7-9,13-14,20,25H,4,6,10-12,15-16,24H2,1-2H3/t20-,23-/m1/s1. The predicted molar refractivity (Wildman–Crippen MR) is 109 cm³/mol. The predicted octanol–water partition coefficient (Wildman–Crippen LogP) is 3.97. The monoisotopic (exact) mass is 369 g/mol. The van der Waals surface area contributed by atoms with Crippen molar-refractivity contribution in [3.8, 4) is 11.5 Å². The van der Waals surface area contributed by atoms with E-state index in [2.05, 4.69) is 37.3 Å². The lowest BCUT2D eigenvalue weighted by molar-refractivity contribution is 0.198. The van der Waals surface area contributed by atoms with Gasteiger partial charge in [-0.15, -0.1) is 0 Å². The Hall–Kier alpha value is -2.04. The van der Waals surface area contributed by atoms with Gasteiger partial charge in [-0.2, -0.15) is 0 Å². The molecule has 0 bridgehead atoms. The summed E-state index contributed by atoms with van der Waals surface area (Å²) in [7, 11) is 1.69. The van der Waals surface area contributed by atoms with E-state index in [1.807, 2.05) is 12.1 Å². The molecule has 1 aliphatic rings. The lowest BCUT2D eigenvalue weighted by atomic mass is 9.92. The molecule has 3 rings (SSSR count). The third-order valence-corrected chi connectivity index (χ3v) is 5.63. The zero-order chi connectivity index (χ0) is 19.3. The van der Waals surface area contributed by atoms with E-state index in [4.69, 9.17) is 15.2 Å². The number of aryl methyl sites for hydroxylation is 2. The van der Waals surface area contributed by atoms with Crippen LogP contribution < -0.4 is 15.2 Å². The van der Waals surface area contributed by atoms with E-state index in [0.717, 1.165) is 49.2 Å². The van der Waals surface area contributed by atoms with Crippen LogP contribution in [0.5, 0.6) is 11.5 Å². The van der Waals surface area contributed by atoms with Crippen LogP contribution in [0.1, 0.15) is 48.3 Å². The van der Waals surface area contributed by atoms with E-state index < -0.39 is 5.54 Å². The maximum absolute atomic E-state index is 9.47. The Balaban J connectivity index is 1.51. The van der Waals surface area contributed by atoms with E-state index in [-0.39, 0.29) is 6.61 Å². The Bertz CT molecular complexity index is 761. The van der Waals surface area contributed by atoms with Gasteiger partial charge in [0.25, 0.3) is 0 Å². The SMILES string of the molecule is COc1cccc(CCCOc2ccc([C@@H]3CC[C@](N)(CO)C3)cc2C)c1. The van der Waals surface area contributed by atoms with Crippen molar-refractivity contribution in [2.24, 2.45) is 5.73 Å². The Morgan fingerprint density at radius 3 is 2.78 bits per heavy atom. The van der Waals surface area contributed by atoms with Crippen LogP contribution in [0.25, 0.3) is 0 Å². The summed E-state index contributed by atoms with van der Waals surface area (Å²) >= 11 is 0. The van der Waals surface area contributed by atoms with Crippen molar-refractivity contribution in [1.82, 2.24) is 0 Å². The van der Waals surface area contributed by atoms with Crippen LogP contribution in [-0.2, 0) is 6.42 Å². The molecule has 2 aromatic rings. The van der Waals surface area contributed by atoms with Crippen LogP contribution in [0.2, 0.25) is 0 Å². The highest BCUT2D eigenvalue weighted by Gasteiger charge is 2.35. The van der Waals surface area contributed by atoms with Gasteiger partial charge in [0, 0.05) is 5.54 Å². The first-order chi connectivity index (χ1) is 13.0. The van der Waals surface area contributed by atoms with Crippen molar-refractivity contribution in [3.63, 3.8) is 0 Å². The number of aliphatic hydroxyl groups is 1. The molecule has 0 aliphatic heterocycles. The molecule has 1 fully saturated rings. The van der Waals surface area contributed by atoms with E-state index in [0.29, 0.717) is 12.5 Å². The number of nitrogens with two attached hydrogens (primary N) is 1. The third-order valence-electron chi connectivity index (χ3n) is 5.63. The Morgan fingerprint density at radius 2 is 2.07 bits per heavy atom. The van der Waals surface area contributed by atoms with Crippen LogP contribution in [0.4, 0.5) is 0 Å². The summed E-state index contributed by atoms with van der Waals surface area (Å²) in [6, 6.07) is 14.6. The molecule has 0 aromatic heterocycles. The van der Waals surface area contributed by atoms with Crippen molar-refractivity contribution in [3.05, 3.63) is 59.2 Å². The van der Waals surface area contributed by atoms with Gasteiger partial charge in [-0.05, 0) is 79.8 Å². The van der Waals surface area contributed by atoms with Gasteiger partial charge in [-0.3, -0.25) is 0 Å². The molecule has 0 heterocycles. The van der Waals surface area contributed by atoms with Gasteiger partial charge in [0.15, 0.2) is 0 Å². The highest BCUT2D eigenvalue weighted by Crippen LogP contribution is 2.40. The number of aliphatic hydroxyl groups excluding tert-OH is 1. The quantitative estimate of drug-likeness (QED) is 0.691. The summed E-state index contributed by atoms with van der Waals surface area (Å²) in [5.74, 6) is 2.28. The molecule has 27 heavy (non-hydrogen) atoms. The van der Waals surface area contributed by atoms with Crippen molar-refractivity contribution < 1.29 is 14.6 Å². The maximum atomic E-state index is 9.47. The Kier molecular flexibility index (Phi) is 6.40. The summed E-state index contributed by atoms with van der Waals surface area (Å²) < 4.78 is 11.3. The summed E-state index contributed by atoms with van der Waals surface area (Å²) in [4.78, 5) is 0. The van der Waals surface area contributed by atoms with E-state index in [1.54, 1.807) is 7.11 Å². The maximum Gasteiger partial charge on any atom is 0.122 e. The van der Waals surface area contributed by atoms with Crippen molar-refractivity contribution >= 4 is 0 Å². The molecule has 4 heteroatoms. The van der Waals surface area contributed by atoms with Crippen LogP contribution >= 0.6 is 0 Å². The second kappa shape index (κ2) is 8.77. The molecule has 1 saturated carbocycles. The number of ether oxygens (including phenoxy) is 2. The van der Waals surface area contributed by atoms with Gasteiger partial charge in [-0.1, -0.05) is 24.3 Å². The molecule has 0 amide bonds. The van der Waals surface area contributed by atoms with E-state index in [1.165, 1.54) is 11.1 Å². The highest BCUT2D eigenvalue weighted by molar-refractivity contribution is 5.38. The Labute approximate surface area is 162 Å². The lowest BCUT2D eigenvalue weighted by Crippen LogP contribution is -2.40. The van der Waals surface area contributed by atoms with Gasteiger partial charge in [0.1, 0.15) is 11.5 Å². The largest absolute Gasteiger partial charge is 0.497 e. The molecule has 2 atom stereocenters. The van der Waals surface area contributed by atoms with Crippen molar-refractivity contribution in [1.29, 1.82) is 0 Å². The zero-order valence-electron chi connectivity index (χ0n) is 16.4. The van der Waals surface area contributed by atoms with Crippen LogP contribution in [0.3, 0.4) is 0 Å². The molecular formula is C23H31NO3. The first-order valence-electron chi connectivity index (χ1n) is 9.79. The normalized spacial score (nSPS) is 22.0. The van der Waals surface area contributed by atoms with Crippen molar-refractivity contribution in [2.75, 3.05) is 20.3 Å². The molecule has 0 spiro atoms. The fourth-order valence-corrected chi connectivity index (χ4v) is 3.96. The fraction of sp³-hybridized carbons (Fsp3) is 0.478. The number of rotatable bonds is 8. The molecule has 0 radical (unpaired) electrons. The average Bonchev–Trinajstić information content (AvgIpc) is 3.09. The Morgan fingerprint density at radius 1 is 1.22 bits per heavy atom. The van der Waals surface area contributed by atoms with Crippen LogP contribution in [-0.4, -0.2) is 31.0 Å². The van der Waals surface area contributed by atoms with Gasteiger partial charge >= 0.3 is 0 Å². The fourth-order valence-electron chi connectivity index (χ4n) is 3.96. The van der Waals surface area contributed by atoms with E-state index in [9.17, 15) is 5.11 Å². The number of benzene rings is 2. The zero-order valence-corrected chi connectivity index (χ0v) is 16.4. The number of hydrogen-bond acceptors (Lipinski definition) is 4. The smallest absolute Gasteiger partial charge is 0.122 e. The van der Waals surface area contributed by atoms with Crippen LogP contribution in [0, 0.1) is 6.92 Å². The molecular weight excluding hydrogens is 338 g/mol. The van der Waals surface area contributed by atoms with Crippen LogP contribution in [0.15, 0.2) is 42.5 Å². The first-order valence-corrected chi connectivity index (χ1v) is 9.79. The molecule has 0 unspecified atom stereocenters. The minimum atomic E-state index is -0.409. The first kappa shape index (κ1) is 19.7. The second-order valence-corrected chi connectivity index (χ2v) is 7.79. The van der Waals surface area contributed by atoms with Gasteiger partial charge in [-0.25, -0.2) is 0 Å². The summed E-state index contributed by atoms with van der Waals surface area (Å²) in [5, 5.41) is 9.47. The minimum Gasteiger partial charge on any atom is -0.497 e. The molecule has 4 nitrogen and oxygen atoms in total. The molecule has 2 aromatic carbocycles. The van der Waals surface area contributed by atoms with Gasteiger partial charge < -0.3 is 20.3 Å². The second-order valence-electron chi connectivity index (χ2n) is 7.79. The topological polar surface area (TPSA) is 64.7 Å². The number of methoxy groups -OCH3 is 1. The van der Waals surface area contributed by atoms with E-state index >= 15 is 0 Å². The van der Waals surface area contributed by atoms with Gasteiger partial charge in [0.05, 0.1) is 20.3 Å². The molecule has 146 valence electrons. The summed E-state index contributed by atoms with van der Waals surface area (Å²) in [6.45, 7) is 2.85. The molecule has 0 saturated heterocycles. The average molecular weight is 370 g/mol. The number of hydrogen-bond donors (Lipinski definition) is 2. The molecule has 3 N–H and O–H groups in total. The third kappa shape index (κ3) is 5.02. The van der Waals surface area contributed by atoms with Crippen molar-refractivity contribution in [2.45, 2.75) is 50.5 Å². The van der Waals surface area contributed by atoms with Gasteiger partial charge in [0.2, 0.25) is 0 Å². The minimum absolute atomic E-state index is 0.0664. The summed E-state index contributed by atoms with van der Waals surface area (Å²) in [6.07, 6.45) is 4.70. The summed E-state index contributed by atoms with van der Waals surface area (Å²) in [5.41, 5.74) is 9.54. The lowest BCUT2D eigenvalue weighted by Gasteiger charge is -2.21. The molecule has 1 aliphatic carbocycles.